The van der Waals surface area contributed by atoms with Crippen LogP contribution in [0.3, 0.4) is 0 Å². The van der Waals surface area contributed by atoms with Gasteiger partial charge in [0.25, 0.3) is 5.91 Å². The van der Waals surface area contributed by atoms with Gasteiger partial charge in [-0.1, -0.05) is 11.6 Å². The molecule has 0 aliphatic carbocycles. The molecule has 19 heavy (non-hydrogen) atoms. The first kappa shape index (κ1) is 13.1. The van der Waals surface area contributed by atoms with E-state index in [1.54, 1.807) is 25.5 Å². The lowest BCUT2D eigenvalue weighted by atomic mass is 10.1. The molecular formula is C15H17N3O. The third-order valence-corrected chi connectivity index (χ3v) is 2.96. The van der Waals surface area contributed by atoms with Crippen LogP contribution in [0, 0.1) is 13.8 Å². The standard InChI is InChI=1S/C15H17N3O/c1-10-4-5-14(16-3)12(8-10)15(19)18-13-6-7-17-9-11(13)2/h4-9,16H,1-3H3,(H,17,18,19). The second-order valence-electron chi connectivity index (χ2n) is 4.44. The van der Waals surface area contributed by atoms with Gasteiger partial charge in [0, 0.05) is 30.8 Å². The minimum atomic E-state index is -0.123. The molecule has 0 saturated heterocycles. The number of hydrogen-bond acceptors (Lipinski definition) is 3. The Bertz CT molecular complexity index is 608. The van der Waals surface area contributed by atoms with Crippen molar-refractivity contribution >= 4 is 17.3 Å². The van der Waals surface area contributed by atoms with Gasteiger partial charge in [0.1, 0.15) is 0 Å². The molecule has 98 valence electrons. The smallest absolute Gasteiger partial charge is 0.257 e. The summed E-state index contributed by atoms with van der Waals surface area (Å²) in [6.45, 7) is 3.88. The molecule has 2 aromatic rings. The largest absolute Gasteiger partial charge is 0.387 e. The lowest BCUT2D eigenvalue weighted by Crippen LogP contribution is -2.15. The number of carbonyl (C=O) groups is 1. The molecule has 2 rings (SSSR count). The van der Waals surface area contributed by atoms with Crippen molar-refractivity contribution in [1.29, 1.82) is 0 Å². The van der Waals surface area contributed by atoms with E-state index in [0.717, 1.165) is 22.5 Å². The Hall–Kier alpha value is -2.36. The molecule has 4 heteroatoms. The van der Waals surface area contributed by atoms with Crippen molar-refractivity contribution in [1.82, 2.24) is 4.98 Å². The third-order valence-electron chi connectivity index (χ3n) is 2.96. The number of rotatable bonds is 3. The number of carbonyl (C=O) groups excluding carboxylic acids is 1. The highest BCUT2D eigenvalue weighted by molar-refractivity contribution is 6.08. The number of nitrogens with zero attached hydrogens (tertiary/aromatic N) is 1. The van der Waals surface area contributed by atoms with E-state index in [0.29, 0.717) is 5.56 Å². The topological polar surface area (TPSA) is 54.0 Å². The van der Waals surface area contributed by atoms with Crippen molar-refractivity contribution in [3.05, 3.63) is 53.3 Å². The van der Waals surface area contributed by atoms with E-state index in [1.165, 1.54) is 0 Å². The SMILES string of the molecule is CNc1ccc(C)cc1C(=O)Nc1ccncc1C. The van der Waals surface area contributed by atoms with E-state index >= 15 is 0 Å². The van der Waals surface area contributed by atoms with Crippen LogP contribution in [-0.2, 0) is 0 Å². The lowest BCUT2D eigenvalue weighted by Gasteiger charge is -2.12. The molecule has 2 N–H and O–H groups in total. The zero-order chi connectivity index (χ0) is 13.8. The predicted molar refractivity (Wildman–Crippen MR) is 77.7 cm³/mol. The van der Waals surface area contributed by atoms with Gasteiger partial charge in [-0.2, -0.15) is 0 Å². The summed E-state index contributed by atoms with van der Waals surface area (Å²) in [5, 5.41) is 5.94. The molecule has 1 aromatic heterocycles. The van der Waals surface area contributed by atoms with E-state index in [1.807, 2.05) is 32.0 Å². The maximum Gasteiger partial charge on any atom is 0.257 e. The van der Waals surface area contributed by atoms with Crippen molar-refractivity contribution < 1.29 is 4.79 Å². The van der Waals surface area contributed by atoms with Crippen LogP contribution in [0.15, 0.2) is 36.7 Å². The second kappa shape index (κ2) is 5.52. The summed E-state index contributed by atoms with van der Waals surface area (Å²) in [5.74, 6) is -0.123. The van der Waals surface area contributed by atoms with Gasteiger partial charge in [-0.05, 0) is 37.6 Å². The maximum atomic E-state index is 12.3. The number of nitrogens with one attached hydrogen (secondary N) is 2. The molecule has 0 bridgehead atoms. The van der Waals surface area contributed by atoms with E-state index in [-0.39, 0.29) is 5.91 Å². The molecule has 0 atom stereocenters. The summed E-state index contributed by atoms with van der Waals surface area (Å²) >= 11 is 0. The fraction of sp³-hybridized carbons (Fsp3) is 0.200. The van der Waals surface area contributed by atoms with Crippen molar-refractivity contribution in [3.63, 3.8) is 0 Å². The summed E-state index contributed by atoms with van der Waals surface area (Å²) in [5.41, 5.74) is 4.22. The molecule has 0 spiro atoms. The number of pyridine rings is 1. The van der Waals surface area contributed by atoms with Crippen molar-refractivity contribution in [3.8, 4) is 0 Å². The van der Waals surface area contributed by atoms with Gasteiger partial charge in [-0.15, -0.1) is 0 Å². The first-order valence-corrected chi connectivity index (χ1v) is 6.12. The highest BCUT2D eigenvalue weighted by atomic mass is 16.1. The minimum absolute atomic E-state index is 0.123. The molecule has 0 radical (unpaired) electrons. The minimum Gasteiger partial charge on any atom is -0.387 e. The van der Waals surface area contributed by atoms with Crippen LogP contribution in [-0.4, -0.2) is 17.9 Å². The van der Waals surface area contributed by atoms with Gasteiger partial charge in [-0.25, -0.2) is 0 Å². The summed E-state index contributed by atoms with van der Waals surface area (Å²) < 4.78 is 0. The normalized spacial score (nSPS) is 10.1. The predicted octanol–water partition coefficient (Wildman–Crippen LogP) is 2.99. The van der Waals surface area contributed by atoms with Gasteiger partial charge in [-0.3, -0.25) is 9.78 Å². The first-order valence-electron chi connectivity index (χ1n) is 6.12. The Morgan fingerprint density at radius 1 is 1.16 bits per heavy atom. The van der Waals surface area contributed by atoms with Crippen LogP contribution in [0.2, 0.25) is 0 Å². The number of aromatic nitrogens is 1. The van der Waals surface area contributed by atoms with Gasteiger partial charge < -0.3 is 10.6 Å². The number of aryl methyl sites for hydroxylation is 2. The molecule has 0 saturated carbocycles. The maximum absolute atomic E-state index is 12.3. The number of amides is 1. The Labute approximate surface area is 112 Å². The Balaban J connectivity index is 2.30. The van der Waals surface area contributed by atoms with E-state index in [2.05, 4.69) is 15.6 Å². The fourth-order valence-electron chi connectivity index (χ4n) is 1.87. The monoisotopic (exact) mass is 255 g/mol. The number of benzene rings is 1. The quantitative estimate of drug-likeness (QED) is 0.886. The van der Waals surface area contributed by atoms with Gasteiger partial charge in [0.05, 0.1) is 5.56 Å². The van der Waals surface area contributed by atoms with Crippen LogP contribution in [0.1, 0.15) is 21.5 Å². The molecule has 4 nitrogen and oxygen atoms in total. The summed E-state index contributed by atoms with van der Waals surface area (Å²) in [6, 6.07) is 7.55. The molecule has 1 amide bonds. The van der Waals surface area contributed by atoms with Crippen LogP contribution in [0.4, 0.5) is 11.4 Å². The van der Waals surface area contributed by atoms with Gasteiger partial charge in [0.2, 0.25) is 0 Å². The molecule has 1 heterocycles. The Morgan fingerprint density at radius 3 is 2.63 bits per heavy atom. The van der Waals surface area contributed by atoms with Crippen molar-refractivity contribution in [2.24, 2.45) is 0 Å². The number of hydrogen-bond donors (Lipinski definition) is 2. The highest BCUT2D eigenvalue weighted by Crippen LogP contribution is 2.19. The van der Waals surface area contributed by atoms with Crippen LogP contribution in [0.5, 0.6) is 0 Å². The molecule has 0 unspecified atom stereocenters. The average Bonchev–Trinajstić information content (AvgIpc) is 2.41. The summed E-state index contributed by atoms with van der Waals surface area (Å²) in [4.78, 5) is 16.3. The second-order valence-corrected chi connectivity index (χ2v) is 4.44. The van der Waals surface area contributed by atoms with Crippen LogP contribution in [0.25, 0.3) is 0 Å². The molecule has 1 aromatic carbocycles. The first-order chi connectivity index (χ1) is 9.11. The van der Waals surface area contributed by atoms with Gasteiger partial charge >= 0.3 is 0 Å². The zero-order valence-electron chi connectivity index (χ0n) is 11.3. The average molecular weight is 255 g/mol. The molecule has 0 fully saturated rings. The third kappa shape index (κ3) is 2.91. The fourth-order valence-corrected chi connectivity index (χ4v) is 1.87. The molecule has 0 aliphatic heterocycles. The van der Waals surface area contributed by atoms with Crippen molar-refractivity contribution in [2.75, 3.05) is 17.7 Å². The van der Waals surface area contributed by atoms with E-state index < -0.39 is 0 Å². The van der Waals surface area contributed by atoms with E-state index in [4.69, 9.17) is 0 Å². The molecule has 0 aliphatic rings. The zero-order valence-corrected chi connectivity index (χ0v) is 11.3. The highest BCUT2D eigenvalue weighted by Gasteiger charge is 2.12. The Morgan fingerprint density at radius 2 is 1.95 bits per heavy atom. The van der Waals surface area contributed by atoms with Crippen molar-refractivity contribution in [2.45, 2.75) is 13.8 Å². The number of anilines is 2. The van der Waals surface area contributed by atoms with Gasteiger partial charge in [0.15, 0.2) is 0 Å². The van der Waals surface area contributed by atoms with Crippen LogP contribution < -0.4 is 10.6 Å². The van der Waals surface area contributed by atoms with Crippen LogP contribution >= 0.6 is 0 Å². The van der Waals surface area contributed by atoms with E-state index in [9.17, 15) is 4.79 Å². The Kier molecular flexibility index (Phi) is 3.80. The lowest BCUT2D eigenvalue weighted by molar-refractivity contribution is 0.102. The summed E-state index contributed by atoms with van der Waals surface area (Å²) in [6.07, 6.45) is 3.39. The molecular weight excluding hydrogens is 238 g/mol. The summed E-state index contributed by atoms with van der Waals surface area (Å²) in [7, 11) is 1.80.